The van der Waals surface area contributed by atoms with Crippen LogP contribution in [0.5, 0.6) is 0 Å². The van der Waals surface area contributed by atoms with Gasteiger partial charge >= 0.3 is 5.97 Å². The highest BCUT2D eigenvalue weighted by molar-refractivity contribution is 5.90. The molecule has 0 saturated carbocycles. The van der Waals surface area contributed by atoms with E-state index in [-0.39, 0.29) is 5.97 Å². The van der Waals surface area contributed by atoms with Gasteiger partial charge in [0.2, 0.25) is 0 Å². The monoisotopic (exact) mass is 222 g/mol. The first-order chi connectivity index (χ1) is 7.45. The van der Waals surface area contributed by atoms with Crippen molar-refractivity contribution in [3.63, 3.8) is 0 Å². The van der Waals surface area contributed by atoms with Gasteiger partial charge in [-0.05, 0) is 56.0 Å². The van der Waals surface area contributed by atoms with E-state index in [1.165, 1.54) is 7.11 Å². The van der Waals surface area contributed by atoms with E-state index in [1.807, 2.05) is 19.9 Å². The first-order valence-electron chi connectivity index (χ1n) is 5.32. The highest BCUT2D eigenvalue weighted by Gasteiger charge is 2.11. The second kappa shape index (κ2) is 5.12. The van der Waals surface area contributed by atoms with E-state index in [4.69, 9.17) is 0 Å². The maximum absolute atomic E-state index is 11.4. The van der Waals surface area contributed by atoms with Gasteiger partial charge in [-0.1, -0.05) is 0 Å². The van der Waals surface area contributed by atoms with Crippen molar-refractivity contribution in [1.29, 1.82) is 0 Å². The van der Waals surface area contributed by atoms with Crippen molar-refractivity contribution in [2.45, 2.75) is 33.3 Å². The summed E-state index contributed by atoms with van der Waals surface area (Å²) in [6.45, 7) is 5.68. The summed E-state index contributed by atoms with van der Waals surface area (Å²) in [7, 11) is 1.37. The Hall–Kier alpha value is -1.35. The van der Waals surface area contributed by atoms with E-state index in [9.17, 15) is 9.90 Å². The molecular formula is C13H18O3. The lowest BCUT2D eigenvalue weighted by Crippen LogP contribution is -2.09. The normalized spacial score (nSPS) is 12.3. The fourth-order valence-corrected chi connectivity index (χ4v) is 1.70. The molecule has 0 aromatic heterocycles. The molecule has 0 aliphatic heterocycles. The zero-order chi connectivity index (χ0) is 12.3. The van der Waals surface area contributed by atoms with E-state index in [2.05, 4.69) is 4.74 Å². The van der Waals surface area contributed by atoms with Gasteiger partial charge < -0.3 is 9.84 Å². The number of carbonyl (C=O) groups is 1. The van der Waals surface area contributed by atoms with Crippen molar-refractivity contribution in [3.05, 3.63) is 34.4 Å². The minimum Gasteiger partial charge on any atom is -0.465 e. The molecule has 0 radical (unpaired) electrons. The summed E-state index contributed by atoms with van der Waals surface area (Å²) < 4.78 is 4.69. The molecule has 0 aliphatic carbocycles. The van der Waals surface area contributed by atoms with Gasteiger partial charge in [-0.3, -0.25) is 0 Å². The van der Waals surface area contributed by atoms with Crippen molar-refractivity contribution >= 4 is 5.97 Å². The van der Waals surface area contributed by atoms with Crippen LogP contribution in [0.15, 0.2) is 12.1 Å². The number of methoxy groups -OCH3 is 1. The molecule has 1 aromatic rings. The number of carbonyl (C=O) groups excluding carboxylic acids is 1. The third kappa shape index (κ3) is 2.83. The van der Waals surface area contributed by atoms with Gasteiger partial charge in [0.1, 0.15) is 0 Å². The van der Waals surface area contributed by atoms with Gasteiger partial charge in [-0.15, -0.1) is 0 Å². The Labute approximate surface area is 96.1 Å². The summed E-state index contributed by atoms with van der Waals surface area (Å²) >= 11 is 0. The highest BCUT2D eigenvalue weighted by Crippen LogP contribution is 2.18. The van der Waals surface area contributed by atoms with Crippen LogP contribution in [0.25, 0.3) is 0 Å². The Balaban J connectivity index is 3.16. The predicted octanol–water partition coefficient (Wildman–Crippen LogP) is 2.01. The number of hydrogen-bond donors (Lipinski definition) is 1. The molecule has 1 atom stereocenters. The highest BCUT2D eigenvalue weighted by atomic mass is 16.5. The summed E-state index contributed by atoms with van der Waals surface area (Å²) in [4.78, 5) is 11.4. The minimum atomic E-state index is -0.411. The van der Waals surface area contributed by atoms with E-state index in [1.54, 1.807) is 13.0 Å². The Kier molecular flexibility index (Phi) is 4.07. The standard InChI is InChI=1S/C13H18O3/c1-8-5-12(13(15)16-4)7-11(10(8)3)6-9(2)14/h5,7,9,14H,6H2,1-4H3. The second-order valence-electron chi connectivity index (χ2n) is 4.12. The largest absolute Gasteiger partial charge is 0.465 e. The van der Waals surface area contributed by atoms with Crippen LogP contribution in [-0.4, -0.2) is 24.3 Å². The Morgan fingerprint density at radius 1 is 1.44 bits per heavy atom. The number of hydrogen-bond acceptors (Lipinski definition) is 3. The molecule has 1 N–H and O–H groups in total. The lowest BCUT2D eigenvalue weighted by Gasteiger charge is -2.12. The number of aryl methyl sites for hydroxylation is 1. The predicted molar refractivity (Wildman–Crippen MR) is 62.6 cm³/mol. The Bertz CT molecular complexity index is 394. The fraction of sp³-hybridized carbons (Fsp3) is 0.462. The van der Waals surface area contributed by atoms with E-state index in [0.29, 0.717) is 12.0 Å². The molecule has 1 aromatic carbocycles. The number of rotatable bonds is 3. The van der Waals surface area contributed by atoms with Gasteiger partial charge in [0.25, 0.3) is 0 Å². The zero-order valence-corrected chi connectivity index (χ0v) is 10.2. The molecule has 0 fully saturated rings. The number of aliphatic hydroxyl groups excluding tert-OH is 1. The number of benzene rings is 1. The third-order valence-electron chi connectivity index (χ3n) is 2.71. The van der Waals surface area contributed by atoms with Crippen LogP contribution in [0, 0.1) is 13.8 Å². The summed E-state index contributed by atoms with van der Waals surface area (Å²) in [6.07, 6.45) is 0.142. The van der Waals surface area contributed by atoms with Crippen LogP contribution in [0.2, 0.25) is 0 Å². The summed E-state index contributed by atoms with van der Waals surface area (Å²) in [6, 6.07) is 3.60. The van der Waals surface area contributed by atoms with Gasteiger partial charge in [0.15, 0.2) is 0 Å². The van der Waals surface area contributed by atoms with Crippen LogP contribution in [0.3, 0.4) is 0 Å². The first-order valence-corrected chi connectivity index (χ1v) is 5.32. The maximum atomic E-state index is 11.4. The minimum absolute atomic E-state index is 0.338. The van der Waals surface area contributed by atoms with E-state index < -0.39 is 6.10 Å². The van der Waals surface area contributed by atoms with E-state index in [0.717, 1.165) is 16.7 Å². The first kappa shape index (κ1) is 12.7. The van der Waals surface area contributed by atoms with Crippen LogP contribution < -0.4 is 0 Å². The van der Waals surface area contributed by atoms with Gasteiger partial charge in [0, 0.05) is 0 Å². The van der Waals surface area contributed by atoms with Crippen LogP contribution in [0.1, 0.15) is 34.0 Å². The van der Waals surface area contributed by atoms with Crippen molar-refractivity contribution in [2.24, 2.45) is 0 Å². The maximum Gasteiger partial charge on any atom is 0.337 e. The number of esters is 1. The molecule has 0 amide bonds. The molecule has 3 nitrogen and oxygen atoms in total. The van der Waals surface area contributed by atoms with Crippen molar-refractivity contribution in [2.75, 3.05) is 7.11 Å². The molecule has 0 saturated heterocycles. The Morgan fingerprint density at radius 3 is 2.56 bits per heavy atom. The third-order valence-corrected chi connectivity index (χ3v) is 2.71. The zero-order valence-electron chi connectivity index (χ0n) is 10.2. The molecule has 0 heterocycles. The molecular weight excluding hydrogens is 204 g/mol. The smallest absolute Gasteiger partial charge is 0.337 e. The molecule has 88 valence electrons. The number of ether oxygens (including phenoxy) is 1. The molecule has 1 rings (SSSR count). The van der Waals surface area contributed by atoms with Crippen LogP contribution in [0.4, 0.5) is 0 Å². The van der Waals surface area contributed by atoms with Crippen molar-refractivity contribution in [1.82, 2.24) is 0 Å². The summed E-state index contributed by atoms with van der Waals surface area (Å²) in [5.41, 5.74) is 3.70. The molecule has 0 bridgehead atoms. The lowest BCUT2D eigenvalue weighted by atomic mass is 9.96. The van der Waals surface area contributed by atoms with Crippen molar-refractivity contribution in [3.8, 4) is 0 Å². The second-order valence-corrected chi connectivity index (χ2v) is 4.12. The number of aliphatic hydroxyl groups is 1. The lowest BCUT2D eigenvalue weighted by molar-refractivity contribution is 0.0600. The fourth-order valence-electron chi connectivity index (χ4n) is 1.70. The molecule has 3 heteroatoms. The van der Waals surface area contributed by atoms with Gasteiger partial charge in [-0.25, -0.2) is 4.79 Å². The SMILES string of the molecule is COC(=O)c1cc(C)c(C)c(CC(C)O)c1. The van der Waals surface area contributed by atoms with Crippen LogP contribution >= 0.6 is 0 Å². The van der Waals surface area contributed by atoms with Gasteiger partial charge in [0.05, 0.1) is 18.8 Å². The van der Waals surface area contributed by atoms with E-state index >= 15 is 0 Å². The molecule has 0 aliphatic rings. The van der Waals surface area contributed by atoms with Crippen LogP contribution in [-0.2, 0) is 11.2 Å². The molecule has 0 spiro atoms. The van der Waals surface area contributed by atoms with Gasteiger partial charge in [-0.2, -0.15) is 0 Å². The molecule has 1 unspecified atom stereocenters. The summed E-state index contributed by atoms with van der Waals surface area (Å²) in [5.74, 6) is -0.338. The topological polar surface area (TPSA) is 46.5 Å². The quantitative estimate of drug-likeness (QED) is 0.796. The average Bonchev–Trinajstić information content (AvgIpc) is 2.22. The Morgan fingerprint density at radius 2 is 2.06 bits per heavy atom. The average molecular weight is 222 g/mol. The van der Waals surface area contributed by atoms with Crippen molar-refractivity contribution < 1.29 is 14.6 Å². The molecule has 16 heavy (non-hydrogen) atoms. The summed E-state index contributed by atoms with van der Waals surface area (Å²) in [5, 5.41) is 9.39.